The number of hydrogen-bond donors (Lipinski definition) is 2. The van der Waals surface area contributed by atoms with Gasteiger partial charge in [-0.25, -0.2) is 8.42 Å². The second-order valence-corrected chi connectivity index (χ2v) is 10.9. The zero-order valence-corrected chi connectivity index (χ0v) is 20.5. The summed E-state index contributed by atoms with van der Waals surface area (Å²) in [6, 6.07) is 19.8. The van der Waals surface area contributed by atoms with Crippen molar-refractivity contribution in [3.63, 3.8) is 0 Å². The standard InChI is InChI=1S/C28H28N2O4S/c1-19-6-5-8-22(16-19)35(32,33)30-15-14-23-26(18-31)29-25-13-11-20(17-24(25)28(23)30)10-12-21-7-3-4-9-27(21)34-2/h3-9,11,13,16-17,23,26,28-29,31H,14-15,18H2,1-2H3/t23-,26-,28-/m1/s1. The van der Waals surface area contributed by atoms with E-state index >= 15 is 0 Å². The van der Waals surface area contributed by atoms with Gasteiger partial charge in [0.2, 0.25) is 10.0 Å². The normalized spacial score (nSPS) is 21.3. The van der Waals surface area contributed by atoms with E-state index in [0.29, 0.717) is 23.6 Å². The highest BCUT2D eigenvalue weighted by molar-refractivity contribution is 7.89. The predicted molar refractivity (Wildman–Crippen MR) is 136 cm³/mol. The molecule has 0 unspecified atom stereocenters. The monoisotopic (exact) mass is 488 g/mol. The van der Waals surface area contributed by atoms with Gasteiger partial charge in [0.25, 0.3) is 0 Å². The van der Waals surface area contributed by atoms with Gasteiger partial charge in [-0.05, 0) is 66.9 Å². The van der Waals surface area contributed by atoms with Crippen LogP contribution in [-0.4, -0.2) is 44.1 Å². The minimum Gasteiger partial charge on any atom is -0.495 e. The molecule has 7 heteroatoms. The van der Waals surface area contributed by atoms with Crippen LogP contribution >= 0.6 is 0 Å². The first-order valence-corrected chi connectivity index (χ1v) is 13.1. The zero-order valence-electron chi connectivity index (χ0n) is 19.7. The molecule has 6 nitrogen and oxygen atoms in total. The van der Waals surface area contributed by atoms with Crippen LogP contribution in [0.3, 0.4) is 0 Å². The Balaban J connectivity index is 1.56. The third-order valence-electron chi connectivity index (χ3n) is 6.87. The number of aliphatic hydroxyl groups is 1. The molecule has 0 amide bonds. The number of hydrogen-bond acceptors (Lipinski definition) is 5. The summed E-state index contributed by atoms with van der Waals surface area (Å²) < 4.78 is 34.4. The molecule has 3 aromatic carbocycles. The Hall–Kier alpha value is -3.31. The highest BCUT2D eigenvalue weighted by atomic mass is 32.2. The van der Waals surface area contributed by atoms with Crippen LogP contribution in [0.4, 0.5) is 5.69 Å². The fraction of sp³-hybridized carbons (Fsp3) is 0.286. The Morgan fingerprint density at radius 3 is 2.69 bits per heavy atom. The van der Waals surface area contributed by atoms with Crippen LogP contribution in [0.5, 0.6) is 5.75 Å². The quantitative estimate of drug-likeness (QED) is 0.544. The number of sulfonamides is 1. The van der Waals surface area contributed by atoms with Crippen molar-refractivity contribution in [3.05, 3.63) is 89.0 Å². The number of nitrogens with one attached hydrogen (secondary N) is 1. The van der Waals surface area contributed by atoms with E-state index in [1.807, 2.05) is 55.5 Å². The molecule has 3 aromatic rings. The van der Waals surface area contributed by atoms with Gasteiger partial charge in [-0.3, -0.25) is 0 Å². The average molecular weight is 489 g/mol. The van der Waals surface area contributed by atoms with Gasteiger partial charge in [0.1, 0.15) is 5.75 Å². The van der Waals surface area contributed by atoms with Crippen LogP contribution in [0.2, 0.25) is 0 Å². The number of para-hydroxylation sites is 1. The molecule has 180 valence electrons. The molecule has 0 spiro atoms. The molecule has 0 saturated carbocycles. The molecule has 5 rings (SSSR count). The molecule has 1 saturated heterocycles. The lowest BCUT2D eigenvalue weighted by molar-refractivity contribution is 0.210. The lowest BCUT2D eigenvalue weighted by atomic mass is 9.83. The second kappa shape index (κ2) is 9.38. The van der Waals surface area contributed by atoms with Crippen molar-refractivity contribution < 1.29 is 18.3 Å². The summed E-state index contributed by atoms with van der Waals surface area (Å²) in [5.41, 5.74) is 4.19. The van der Waals surface area contributed by atoms with Gasteiger partial charge in [0, 0.05) is 23.7 Å². The molecule has 35 heavy (non-hydrogen) atoms. The molecule has 3 atom stereocenters. The van der Waals surface area contributed by atoms with E-state index in [-0.39, 0.29) is 24.6 Å². The topological polar surface area (TPSA) is 78.9 Å². The van der Waals surface area contributed by atoms with Crippen molar-refractivity contribution in [2.45, 2.75) is 30.3 Å². The first-order chi connectivity index (χ1) is 16.9. The highest BCUT2D eigenvalue weighted by Gasteiger charge is 2.48. The Bertz CT molecular complexity index is 1420. The fourth-order valence-corrected chi connectivity index (χ4v) is 6.94. The molecular formula is C28H28N2O4S. The summed E-state index contributed by atoms with van der Waals surface area (Å²) in [5.74, 6) is 7.05. The van der Waals surface area contributed by atoms with Crippen LogP contribution in [0.1, 0.15) is 34.7 Å². The molecule has 2 heterocycles. The fourth-order valence-electron chi connectivity index (χ4n) is 5.17. The Labute approximate surface area is 206 Å². The lowest BCUT2D eigenvalue weighted by Gasteiger charge is -2.38. The number of rotatable bonds is 4. The molecule has 0 bridgehead atoms. The summed E-state index contributed by atoms with van der Waals surface area (Å²) in [4.78, 5) is 0.297. The van der Waals surface area contributed by atoms with Gasteiger partial charge in [-0.2, -0.15) is 4.31 Å². The molecular weight excluding hydrogens is 460 g/mol. The van der Waals surface area contributed by atoms with E-state index in [1.54, 1.807) is 29.6 Å². The number of ether oxygens (including phenoxy) is 1. The van der Waals surface area contributed by atoms with E-state index in [4.69, 9.17) is 4.74 Å². The molecule has 2 N–H and O–H groups in total. The van der Waals surface area contributed by atoms with Crippen LogP contribution in [0.15, 0.2) is 71.6 Å². The Morgan fingerprint density at radius 1 is 1.09 bits per heavy atom. The summed E-state index contributed by atoms with van der Waals surface area (Å²) in [7, 11) is -2.09. The van der Waals surface area contributed by atoms with Gasteiger partial charge >= 0.3 is 0 Å². The second-order valence-electron chi connectivity index (χ2n) is 9.02. The number of benzene rings is 3. The maximum absolute atomic E-state index is 13.7. The van der Waals surface area contributed by atoms with Crippen molar-refractivity contribution in [2.24, 2.45) is 5.92 Å². The Kier molecular flexibility index (Phi) is 6.28. The summed E-state index contributed by atoms with van der Waals surface area (Å²) in [6.07, 6.45) is 0.671. The third kappa shape index (κ3) is 4.30. The summed E-state index contributed by atoms with van der Waals surface area (Å²) in [5, 5.41) is 13.5. The molecule has 0 aromatic heterocycles. The number of aliphatic hydroxyl groups excluding tert-OH is 1. The highest BCUT2D eigenvalue weighted by Crippen LogP contribution is 2.48. The van der Waals surface area contributed by atoms with E-state index in [1.165, 1.54) is 0 Å². The Morgan fingerprint density at radius 2 is 1.91 bits per heavy atom. The molecule has 1 fully saturated rings. The van der Waals surface area contributed by atoms with Crippen molar-refractivity contribution in [1.29, 1.82) is 0 Å². The van der Waals surface area contributed by atoms with Crippen molar-refractivity contribution in [2.75, 3.05) is 25.6 Å². The zero-order chi connectivity index (χ0) is 24.6. The number of aryl methyl sites for hydroxylation is 1. The van der Waals surface area contributed by atoms with Crippen molar-refractivity contribution in [3.8, 4) is 17.6 Å². The summed E-state index contributed by atoms with van der Waals surface area (Å²) >= 11 is 0. The average Bonchev–Trinajstić information content (AvgIpc) is 3.34. The maximum atomic E-state index is 13.7. The first kappa shape index (κ1) is 23.4. The van der Waals surface area contributed by atoms with Crippen LogP contribution < -0.4 is 10.1 Å². The summed E-state index contributed by atoms with van der Waals surface area (Å²) in [6.45, 7) is 2.23. The van der Waals surface area contributed by atoms with Crippen molar-refractivity contribution >= 4 is 15.7 Å². The molecule has 0 aliphatic carbocycles. The van der Waals surface area contributed by atoms with Crippen molar-refractivity contribution in [1.82, 2.24) is 4.31 Å². The van der Waals surface area contributed by atoms with Gasteiger partial charge < -0.3 is 15.2 Å². The van der Waals surface area contributed by atoms with E-state index in [0.717, 1.165) is 27.9 Å². The van der Waals surface area contributed by atoms with Gasteiger partial charge in [-0.1, -0.05) is 36.1 Å². The van der Waals surface area contributed by atoms with Gasteiger partial charge in [0.15, 0.2) is 0 Å². The first-order valence-electron chi connectivity index (χ1n) is 11.7. The van der Waals surface area contributed by atoms with E-state index in [2.05, 4.69) is 17.2 Å². The third-order valence-corrected chi connectivity index (χ3v) is 8.74. The van der Waals surface area contributed by atoms with Gasteiger partial charge in [0.05, 0.1) is 36.3 Å². The molecule has 2 aliphatic heterocycles. The number of anilines is 1. The minimum atomic E-state index is -3.71. The number of fused-ring (bicyclic) bond motifs is 3. The van der Waals surface area contributed by atoms with E-state index in [9.17, 15) is 13.5 Å². The van der Waals surface area contributed by atoms with E-state index < -0.39 is 10.0 Å². The minimum absolute atomic E-state index is 0.0375. The lowest BCUT2D eigenvalue weighted by Crippen LogP contribution is -2.42. The largest absolute Gasteiger partial charge is 0.495 e. The number of methoxy groups -OCH3 is 1. The van der Waals surface area contributed by atoms with Crippen LogP contribution in [-0.2, 0) is 10.0 Å². The molecule has 2 aliphatic rings. The van der Waals surface area contributed by atoms with Crippen LogP contribution in [0, 0.1) is 24.7 Å². The van der Waals surface area contributed by atoms with Gasteiger partial charge in [-0.15, -0.1) is 0 Å². The maximum Gasteiger partial charge on any atom is 0.243 e. The predicted octanol–water partition coefficient (Wildman–Crippen LogP) is 3.94. The number of nitrogens with zero attached hydrogens (tertiary/aromatic N) is 1. The molecule has 0 radical (unpaired) electrons. The smallest absolute Gasteiger partial charge is 0.243 e. The van der Waals surface area contributed by atoms with Crippen LogP contribution in [0.25, 0.3) is 0 Å². The SMILES string of the molecule is COc1ccccc1C#Cc1ccc2c(c1)[C@H]1[C@H](CCN1S(=O)(=O)c1cccc(C)c1)[C@@H](CO)N2.